The topological polar surface area (TPSA) is 82.1 Å². The van der Waals surface area contributed by atoms with Gasteiger partial charge in [-0.25, -0.2) is 9.97 Å². The predicted octanol–water partition coefficient (Wildman–Crippen LogP) is 3.03. The van der Waals surface area contributed by atoms with Crippen LogP contribution in [-0.4, -0.2) is 38.2 Å². The molecule has 2 aromatic heterocycles. The summed E-state index contributed by atoms with van der Waals surface area (Å²) in [6.07, 6.45) is 6.25. The van der Waals surface area contributed by atoms with Gasteiger partial charge in [0.05, 0.1) is 24.3 Å². The minimum absolute atomic E-state index is 0.261. The number of rotatable bonds is 4. The molecule has 2 N–H and O–H groups in total. The third kappa shape index (κ3) is 3.50. The van der Waals surface area contributed by atoms with E-state index in [4.69, 9.17) is 10.5 Å². The molecule has 0 bridgehead atoms. The molecule has 140 valence electrons. The van der Waals surface area contributed by atoms with Gasteiger partial charge in [0.2, 0.25) is 0 Å². The Labute approximate surface area is 158 Å². The second kappa shape index (κ2) is 7.00. The summed E-state index contributed by atoms with van der Waals surface area (Å²) in [5.41, 5.74) is 11.9. The molecule has 3 aromatic rings. The first kappa shape index (κ1) is 17.5. The molecule has 0 radical (unpaired) electrons. The van der Waals surface area contributed by atoms with Crippen LogP contribution in [0.5, 0.6) is 11.6 Å². The molecule has 1 aromatic carbocycles. The molecule has 0 unspecified atom stereocenters. The molecule has 0 atom stereocenters. The van der Waals surface area contributed by atoms with Gasteiger partial charge in [0.1, 0.15) is 0 Å². The SMILES string of the molecule is CCn1cc(Oc2nc(-c3cc(C)c4c(c3)CN(C)CC4)cnc2N)cn1. The summed E-state index contributed by atoms with van der Waals surface area (Å²) in [4.78, 5) is 11.2. The summed E-state index contributed by atoms with van der Waals surface area (Å²) in [6.45, 7) is 6.99. The number of nitrogen functional groups attached to an aromatic ring is 1. The number of nitrogens with zero attached hydrogens (tertiary/aromatic N) is 5. The van der Waals surface area contributed by atoms with Gasteiger partial charge in [0.25, 0.3) is 5.88 Å². The highest BCUT2D eigenvalue weighted by atomic mass is 16.5. The molecule has 0 fully saturated rings. The van der Waals surface area contributed by atoms with Crippen LogP contribution in [0, 0.1) is 6.92 Å². The number of anilines is 1. The molecule has 7 heteroatoms. The Morgan fingerprint density at radius 2 is 2.11 bits per heavy atom. The number of nitrogens with two attached hydrogens (primary N) is 1. The summed E-state index contributed by atoms with van der Waals surface area (Å²) >= 11 is 0. The number of aryl methyl sites for hydroxylation is 2. The zero-order valence-corrected chi connectivity index (χ0v) is 15.9. The number of hydrogen-bond donors (Lipinski definition) is 1. The smallest absolute Gasteiger partial charge is 0.263 e. The molecule has 0 aliphatic carbocycles. The van der Waals surface area contributed by atoms with Gasteiger partial charge in [-0.3, -0.25) is 4.68 Å². The minimum Gasteiger partial charge on any atom is -0.433 e. The molecule has 27 heavy (non-hydrogen) atoms. The van der Waals surface area contributed by atoms with Gasteiger partial charge in [-0.1, -0.05) is 0 Å². The lowest BCUT2D eigenvalue weighted by Gasteiger charge is -2.27. The summed E-state index contributed by atoms with van der Waals surface area (Å²) in [7, 11) is 2.15. The fraction of sp³-hybridized carbons (Fsp3) is 0.350. The van der Waals surface area contributed by atoms with Crippen LogP contribution in [0.25, 0.3) is 11.3 Å². The van der Waals surface area contributed by atoms with Crippen LogP contribution in [0.2, 0.25) is 0 Å². The van der Waals surface area contributed by atoms with Crippen molar-refractivity contribution in [1.29, 1.82) is 0 Å². The molecule has 0 saturated heterocycles. The van der Waals surface area contributed by atoms with Crippen molar-refractivity contribution in [3.05, 3.63) is 47.4 Å². The van der Waals surface area contributed by atoms with E-state index in [1.165, 1.54) is 16.7 Å². The maximum atomic E-state index is 5.98. The van der Waals surface area contributed by atoms with Gasteiger partial charge >= 0.3 is 0 Å². The second-order valence-electron chi connectivity index (χ2n) is 7.00. The Morgan fingerprint density at radius 1 is 1.26 bits per heavy atom. The zero-order chi connectivity index (χ0) is 19.0. The third-order valence-electron chi connectivity index (χ3n) is 4.96. The van der Waals surface area contributed by atoms with E-state index in [1.54, 1.807) is 17.1 Å². The molecule has 4 rings (SSSR count). The number of ether oxygens (including phenoxy) is 1. The normalized spacial score (nSPS) is 14.2. The first-order valence-corrected chi connectivity index (χ1v) is 9.17. The van der Waals surface area contributed by atoms with Crippen molar-refractivity contribution in [2.24, 2.45) is 0 Å². The van der Waals surface area contributed by atoms with Crippen LogP contribution in [0.4, 0.5) is 5.82 Å². The van der Waals surface area contributed by atoms with Crippen LogP contribution in [0.3, 0.4) is 0 Å². The molecular weight excluding hydrogens is 340 g/mol. The quantitative estimate of drug-likeness (QED) is 0.766. The average molecular weight is 364 g/mol. The zero-order valence-electron chi connectivity index (χ0n) is 15.9. The highest BCUT2D eigenvalue weighted by Gasteiger charge is 2.18. The van der Waals surface area contributed by atoms with Crippen molar-refractivity contribution in [2.75, 3.05) is 19.3 Å². The molecule has 7 nitrogen and oxygen atoms in total. The lowest BCUT2D eigenvalue weighted by molar-refractivity contribution is 0.312. The maximum absolute atomic E-state index is 5.98. The number of benzene rings is 1. The average Bonchev–Trinajstić information content (AvgIpc) is 3.10. The van der Waals surface area contributed by atoms with Crippen LogP contribution in [0.15, 0.2) is 30.7 Å². The molecule has 1 aliphatic rings. The number of hydrogen-bond acceptors (Lipinski definition) is 6. The largest absolute Gasteiger partial charge is 0.433 e. The minimum atomic E-state index is 0.261. The highest BCUT2D eigenvalue weighted by Crippen LogP contribution is 2.31. The van der Waals surface area contributed by atoms with Gasteiger partial charge in [0.15, 0.2) is 11.6 Å². The van der Waals surface area contributed by atoms with E-state index >= 15 is 0 Å². The van der Waals surface area contributed by atoms with Crippen LogP contribution >= 0.6 is 0 Å². The number of aromatic nitrogens is 4. The predicted molar refractivity (Wildman–Crippen MR) is 105 cm³/mol. The van der Waals surface area contributed by atoms with Gasteiger partial charge < -0.3 is 15.4 Å². The van der Waals surface area contributed by atoms with Crippen molar-refractivity contribution < 1.29 is 4.74 Å². The van der Waals surface area contributed by atoms with Crippen molar-refractivity contribution >= 4 is 5.82 Å². The Balaban J connectivity index is 1.68. The van der Waals surface area contributed by atoms with Crippen LogP contribution < -0.4 is 10.5 Å². The first-order valence-electron chi connectivity index (χ1n) is 9.17. The van der Waals surface area contributed by atoms with Gasteiger partial charge in [0, 0.05) is 25.2 Å². The van der Waals surface area contributed by atoms with Crippen molar-refractivity contribution in [3.63, 3.8) is 0 Å². The van der Waals surface area contributed by atoms with E-state index in [9.17, 15) is 0 Å². The van der Waals surface area contributed by atoms with Crippen LogP contribution in [0.1, 0.15) is 23.6 Å². The molecule has 0 spiro atoms. The van der Waals surface area contributed by atoms with Crippen molar-refractivity contribution in [1.82, 2.24) is 24.6 Å². The van der Waals surface area contributed by atoms with Gasteiger partial charge in [-0.15, -0.1) is 0 Å². The molecule has 0 amide bonds. The summed E-state index contributed by atoms with van der Waals surface area (Å²) in [5.74, 6) is 1.16. The Hall–Kier alpha value is -2.93. The monoisotopic (exact) mass is 364 g/mol. The van der Waals surface area contributed by atoms with E-state index in [2.05, 4.69) is 46.1 Å². The van der Waals surface area contributed by atoms with E-state index in [-0.39, 0.29) is 5.82 Å². The molecule has 0 saturated carbocycles. The maximum Gasteiger partial charge on any atom is 0.263 e. The molecule has 3 heterocycles. The van der Waals surface area contributed by atoms with E-state index in [0.717, 1.165) is 37.3 Å². The fourth-order valence-electron chi connectivity index (χ4n) is 3.49. The molecular formula is C20H24N6O. The standard InChI is InChI=1S/C20H24N6O/c1-4-26-12-16(9-23-26)27-20-19(21)22-10-18(24-20)14-7-13(2)17-5-6-25(3)11-15(17)8-14/h7-10,12H,4-6,11H2,1-3H3,(H2,21,22). The molecule has 1 aliphatic heterocycles. The van der Waals surface area contributed by atoms with Crippen molar-refractivity contribution in [3.8, 4) is 22.9 Å². The van der Waals surface area contributed by atoms with E-state index < -0.39 is 0 Å². The lowest BCUT2D eigenvalue weighted by Crippen LogP contribution is -2.27. The summed E-state index contributed by atoms with van der Waals surface area (Å²) in [6, 6.07) is 4.38. The first-order chi connectivity index (χ1) is 13.0. The van der Waals surface area contributed by atoms with E-state index in [1.807, 2.05) is 13.1 Å². The lowest BCUT2D eigenvalue weighted by atomic mass is 9.92. The third-order valence-corrected chi connectivity index (χ3v) is 4.96. The second-order valence-corrected chi connectivity index (χ2v) is 7.00. The fourth-order valence-corrected chi connectivity index (χ4v) is 3.49. The Kier molecular flexibility index (Phi) is 4.53. The summed E-state index contributed by atoms with van der Waals surface area (Å²) in [5, 5.41) is 4.21. The Bertz CT molecular complexity index is 981. The van der Waals surface area contributed by atoms with Crippen LogP contribution in [-0.2, 0) is 19.5 Å². The highest BCUT2D eigenvalue weighted by molar-refractivity contribution is 5.64. The summed E-state index contributed by atoms with van der Waals surface area (Å²) < 4.78 is 7.61. The number of fused-ring (bicyclic) bond motifs is 1. The van der Waals surface area contributed by atoms with Gasteiger partial charge in [-0.2, -0.15) is 5.10 Å². The van der Waals surface area contributed by atoms with Crippen molar-refractivity contribution in [2.45, 2.75) is 33.4 Å². The Morgan fingerprint density at radius 3 is 2.89 bits per heavy atom. The van der Waals surface area contributed by atoms with E-state index in [0.29, 0.717) is 11.6 Å². The number of likely N-dealkylation sites (N-methyl/N-ethyl adjacent to an activating group) is 1. The van der Waals surface area contributed by atoms with Gasteiger partial charge in [-0.05, 0) is 56.1 Å².